The molecule has 0 radical (unpaired) electrons. The molecule has 5 nitrogen and oxygen atoms in total. The molecular weight excluding hydrogens is 304 g/mol. The van der Waals surface area contributed by atoms with Gasteiger partial charge in [0.05, 0.1) is 11.1 Å². The van der Waals surface area contributed by atoms with Gasteiger partial charge in [0.2, 0.25) is 5.91 Å². The lowest BCUT2D eigenvalue weighted by Crippen LogP contribution is -2.36. The van der Waals surface area contributed by atoms with E-state index in [1.54, 1.807) is 18.2 Å². The minimum atomic E-state index is -0.405. The molecule has 1 heterocycles. The van der Waals surface area contributed by atoms with E-state index in [-0.39, 0.29) is 17.7 Å². The van der Waals surface area contributed by atoms with Crippen LogP contribution in [0.3, 0.4) is 0 Å². The van der Waals surface area contributed by atoms with Crippen molar-refractivity contribution in [2.75, 3.05) is 5.32 Å². The van der Waals surface area contributed by atoms with Gasteiger partial charge in [-0.2, -0.15) is 0 Å². The molecule has 128 valence electrons. The van der Waals surface area contributed by atoms with Gasteiger partial charge < -0.3 is 5.32 Å². The summed E-state index contributed by atoms with van der Waals surface area (Å²) in [6.45, 7) is 6.54. The van der Waals surface area contributed by atoms with Crippen LogP contribution in [0.15, 0.2) is 18.2 Å². The summed E-state index contributed by atoms with van der Waals surface area (Å²) in [6.07, 6.45) is 3.16. The third-order valence-corrected chi connectivity index (χ3v) is 5.36. The Morgan fingerprint density at radius 1 is 1.17 bits per heavy atom. The molecule has 0 saturated heterocycles. The molecule has 1 aromatic carbocycles. The molecule has 3 amide bonds. The second-order valence-corrected chi connectivity index (χ2v) is 7.47. The lowest BCUT2D eigenvalue weighted by molar-refractivity contribution is -0.124. The molecule has 5 heteroatoms. The maximum absolute atomic E-state index is 12.8. The maximum atomic E-state index is 12.8. The lowest BCUT2D eigenvalue weighted by atomic mass is 9.70. The standard InChI is InChI=1S/C19H24N2O3/c1-10(2)13-6-4-11(3)8-15(13)18(23)20-12-5-7-14-16(9-12)19(24)21-17(14)22/h5,7,9-11,13,15H,4,6,8H2,1-3H3,(H,20,23)(H,21,22,24)/t11-,13+,15-/m1/s1. The molecule has 2 N–H and O–H groups in total. The summed E-state index contributed by atoms with van der Waals surface area (Å²) in [7, 11) is 0. The van der Waals surface area contributed by atoms with Crippen molar-refractivity contribution in [3.8, 4) is 0 Å². The minimum absolute atomic E-state index is 0.00235. The first-order valence-corrected chi connectivity index (χ1v) is 8.67. The fraction of sp³-hybridized carbons (Fsp3) is 0.526. The van der Waals surface area contributed by atoms with Gasteiger partial charge in [-0.25, -0.2) is 0 Å². The van der Waals surface area contributed by atoms with Crippen LogP contribution in [-0.4, -0.2) is 17.7 Å². The van der Waals surface area contributed by atoms with Gasteiger partial charge in [0.25, 0.3) is 11.8 Å². The molecule has 1 aliphatic heterocycles. The van der Waals surface area contributed by atoms with E-state index in [4.69, 9.17) is 0 Å². The zero-order chi connectivity index (χ0) is 17.4. The molecule has 0 aromatic heterocycles. The number of amides is 3. The van der Waals surface area contributed by atoms with Gasteiger partial charge in [-0.1, -0.05) is 27.2 Å². The maximum Gasteiger partial charge on any atom is 0.259 e. The fourth-order valence-electron chi connectivity index (χ4n) is 3.98. The number of imide groups is 1. The Hall–Kier alpha value is -2.17. The number of hydrogen-bond acceptors (Lipinski definition) is 3. The van der Waals surface area contributed by atoms with Crippen molar-refractivity contribution < 1.29 is 14.4 Å². The van der Waals surface area contributed by atoms with E-state index in [1.807, 2.05) is 0 Å². The SMILES string of the molecule is CC(C)[C@@H]1CC[C@@H](C)C[C@H]1C(=O)Nc1ccc2c(c1)C(=O)NC2=O. The molecule has 24 heavy (non-hydrogen) atoms. The first-order chi connectivity index (χ1) is 11.4. The van der Waals surface area contributed by atoms with Crippen LogP contribution in [0.4, 0.5) is 5.69 Å². The summed E-state index contributed by atoms with van der Waals surface area (Å²) in [6, 6.07) is 4.87. The predicted octanol–water partition coefficient (Wildman–Crippen LogP) is 3.22. The highest BCUT2D eigenvalue weighted by Crippen LogP contribution is 2.38. The van der Waals surface area contributed by atoms with E-state index < -0.39 is 5.91 Å². The summed E-state index contributed by atoms with van der Waals surface area (Å²) in [5, 5.41) is 5.22. The second-order valence-electron chi connectivity index (χ2n) is 7.47. The topological polar surface area (TPSA) is 75.3 Å². The van der Waals surface area contributed by atoms with Crippen LogP contribution < -0.4 is 10.6 Å². The number of rotatable bonds is 3. The van der Waals surface area contributed by atoms with Crippen LogP contribution in [0.2, 0.25) is 0 Å². The van der Waals surface area contributed by atoms with Gasteiger partial charge in [0.1, 0.15) is 0 Å². The summed E-state index contributed by atoms with van der Waals surface area (Å²) >= 11 is 0. The molecular formula is C19H24N2O3. The third kappa shape index (κ3) is 3.07. The van der Waals surface area contributed by atoms with Gasteiger partial charge in [-0.15, -0.1) is 0 Å². The largest absolute Gasteiger partial charge is 0.326 e. The van der Waals surface area contributed by atoms with Gasteiger partial charge >= 0.3 is 0 Å². The van der Waals surface area contributed by atoms with E-state index in [9.17, 15) is 14.4 Å². The summed E-state index contributed by atoms with van der Waals surface area (Å²) in [4.78, 5) is 36.1. The Kier molecular flexibility index (Phi) is 4.43. The molecule has 2 aliphatic rings. The van der Waals surface area contributed by atoms with Crippen LogP contribution in [0.1, 0.15) is 60.7 Å². The zero-order valence-corrected chi connectivity index (χ0v) is 14.4. The third-order valence-electron chi connectivity index (χ3n) is 5.36. The summed E-state index contributed by atoms with van der Waals surface area (Å²) in [5.74, 6) is 0.644. The van der Waals surface area contributed by atoms with Gasteiger partial charge in [-0.3, -0.25) is 19.7 Å². The van der Waals surface area contributed by atoms with Crippen LogP contribution in [-0.2, 0) is 4.79 Å². The monoisotopic (exact) mass is 328 g/mol. The van der Waals surface area contributed by atoms with Crippen LogP contribution in [0.25, 0.3) is 0 Å². The molecule has 3 rings (SSSR count). The van der Waals surface area contributed by atoms with E-state index in [0.29, 0.717) is 34.6 Å². The molecule has 1 aliphatic carbocycles. The van der Waals surface area contributed by atoms with E-state index >= 15 is 0 Å². The van der Waals surface area contributed by atoms with E-state index in [2.05, 4.69) is 31.4 Å². The van der Waals surface area contributed by atoms with E-state index in [1.165, 1.54) is 6.42 Å². The summed E-state index contributed by atoms with van der Waals surface area (Å²) in [5.41, 5.74) is 1.27. The van der Waals surface area contributed by atoms with Gasteiger partial charge in [-0.05, 0) is 48.8 Å². The quantitative estimate of drug-likeness (QED) is 0.837. The normalized spacial score (nSPS) is 26.2. The zero-order valence-electron chi connectivity index (χ0n) is 14.4. The Bertz CT molecular complexity index is 696. The summed E-state index contributed by atoms with van der Waals surface area (Å²) < 4.78 is 0. The number of anilines is 1. The van der Waals surface area contributed by atoms with Crippen LogP contribution in [0, 0.1) is 23.7 Å². The molecule has 0 unspecified atom stereocenters. The Labute approximate surface area is 142 Å². The molecule has 1 fully saturated rings. The van der Waals surface area contributed by atoms with Crippen molar-refractivity contribution >= 4 is 23.4 Å². The smallest absolute Gasteiger partial charge is 0.259 e. The molecule has 1 aromatic rings. The van der Waals surface area contributed by atoms with Crippen molar-refractivity contribution in [3.05, 3.63) is 29.3 Å². The van der Waals surface area contributed by atoms with Crippen molar-refractivity contribution in [1.82, 2.24) is 5.32 Å². The second kappa shape index (κ2) is 6.38. The highest BCUT2D eigenvalue weighted by atomic mass is 16.2. The first kappa shape index (κ1) is 16.7. The van der Waals surface area contributed by atoms with E-state index in [0.717, 1.165) is 12.8 Å². The number of fused-ring (bicyclic) bond motifs is 1. The fourth-order valence-corrected chi connectivity index (χ4v) is 3.98. The molecule has 1 saturated carbocycles. The lowest BCUT2D eigenvalue weighted by Gasteiger charge is -2.36. The van der Waals surface area contributed by atoms with Crippen LogP contribution >= 0.6 is 0 Å². The molecule has 3 atom stereocenters. The predicted molar refractivity (Wildman–Crippen MR) is 91.7 cm³/mol. The number of benzene rings is 1. The molecule has 0 bridgehead atoms. The number of carbonyl (C=O) groups is 3. The van der Waals surface area contributed by atoms with Gasteiger partial charge in [0.15, 0.2) is 0 Å². The average molecular weight is 328 g/mol. The van der Waals surface area contributed by atoms with Crippen molar-refractivity contribution in [1.29, 1.82) is 0 Å². The Morgan fingerprint density at radius 2 is 1.88 bits per heavy atom. The number of hydrogen-bond donors (Lipinski definition) is 2. The van der Waals surface area contributed by atoms with Crippen molar-refractivity contribution in [2.45, 2.75) is 40.0 Å². The Morgan fingerprint density at radius 3 is 2.58 bits per heavy atom. The van der Waals surface area contributed by atoms with Crippen LogP contribution in [0.5, 0.6) is 0 Å². The molecule has 0 spiro atoms. The number of nitrogens with one attached hydrogen (secondary N) is 2. The highest BCUT2D eigenvalue weighted by molar-refractivity contribution is 6.22. The minimum Gasteiger partial charge on any atom is -0.326 e. The Balaban J connectivity index is 1.78. The van der Waals surface area contributed by atoms with Crippen molar-refractivity contribution in [2.24, 2.45) is 23.7 Å². The van der Waals surface area contributed by atoms with Crippen molar-refractivity contribution in [3.63, 3.8) is 0 Å². The van der Waals surface area contributed by atoms with Gasteiger partial charge in [0, 0.05) is 11.6 Å². The highest BCUT2D eigenvalue weighted by Gasteiger charge is 2.35. The average Bonchev–Trinajstić information content (AvgIpc) is 2.81. The number of carbonyl (C=O) groups excluding carboxylic acids is 3. The first-order valence-electron chi connectivity index (χ1n) is 8.67.